The Morgan fingerprint density at radius 3 is 2.93 bits per heavy atom. The van der Waals surface area contributed by atoms with Crippen LogP contribution < -0.4 is 9.47 Å². The van der Waals surface area contributed by atoms with Gasteiger partial charge in [-0.25, -0.2) is 4.98 Å². The number of imidazole rings is 1. The fourth-order valence-electron chi connectivity index (χ4n) is 3.83. The maximum Gasteiger partial charge on any atom is 0.194 e. The smallest absolute Gasteiger partial charge is 0.194 e. The molecule has 1 saturated heterocycles. The number of nitrogens with zero attached hydrogens (tertiary/aromatic N) is 3. The zero-order valence-corrected chi connectivity index (χ0v) is 17.5. The number of fused-ring (bicyclic) bond motifs is 1. The number of thiazole rings is 1. The van der Waals surface area contributed by atoms with Gasteiger partial charge in [0.05, 0.1) is 31.7 Å². The number of hydrogen-bond donors (Lipinski definition) is 0. The van der Waals surface area contributed by atoms with Crippen LogP contribution in [0.3, 0.4) is 0 Å². The van der Waals surface area contributed by atoms with Gasteiger partial charge in [0.25, 0.3) is 0 Å². The zero-order valence-electron chi connectivity index (χ0n) is 16.7. The van der Waals surface area contributed by atoms with Crippen molar-refractivity contribution in [1.29, 1.82) is 0 Å². The van der Waals surface area contributed by atoms with Crippen LogP contribution >= 0.6 is 11.3 Å². The SMILES string of the molecule is COc1ccc(CN(Cc2c(C)nc3sccn23)C[C@@H]2CCCO2)c(OC)c1. The van der Waals surface area contributed by atoms with Gasteiger partial charge in [-0.2, -0.15) is 0 Å². The molecule has 1 aromatic carbocycles. The van der Waals surface area contributed by atoms with Gasteiger partial charge in [-0.3, -0.25) is 9.30 Å². The Kier molecular flexibility index (Phi) is 5.85. The van der Waals surface area contributed by atoms with Crippen LogP contribution in [-0.4, -0.2) is 47.8 Å². The van der Waals surface area contributed by atoms with Crippen LogP contribution in [0.4, 0.5) is 0 Å². The lowest BCUT2D eigenvalue weighted by Crippen LogP contribution is -2.32. The summed E-state index contributed by atoms with van der Waals surface area (Å²) in [6.45, 7) is 5.45. The first-order chi connectivity index (χ1) is 13.7. The number of benzene rings is 1. The maximum absolute atomic E-state index is 5.92. The van der Waals surface area contributed by atoms with E-state index in [-0.39, 0.29) is 6.10 Å². The average Bonchev–Trinajstić information content (AvgIpc) is 3.42. The van der Waals surface area contributed by atoms with Crippen molar-refractivity contribution in [3.63, 3.8) is 0 Å². The van der Waals surface area contributed by atoms with Crippen molar-refractivity contribution in [2.45, 2.75) is 39.0 Å². The molecule has 1 aliphatic rings. The molecule has 0 saturated carbocycles. The average molecular weight is 402 g/mol. The molecule has 4 rings (SSSR count). The topological polar surface area (TPSA) is 48.2 Å². The third kappa shape index (κ3) is 4.01. The lowest BCUT2D eigenvalue weighted by molar-refractivity contribution is 0.0670. The highest BCUT2D eigenvalue weighted by Gasteiger charge is 2.22. The first-order valence-electron chi connectivity index (χ1n) is 9.64. The van der Waals surface area contributed by atoms with Crippen LogP contribution in [0, 0.1) is 6.92 Å². The van der Waals surface area contributed by atoms with Crippen molar-refractivity contribution in [3.05, 3.63) is 46.7 Å². The third-order valence-electron chi connectivity index (χ3n) is 5.31. The Morgan fingerprint density at radius 1 is 1.29 bits per heavy atom. The first-order valence-corrected chi connectivity index (χ1v) is 10.5. The number of methoxy groups -OCH3 is 2. The second kappa shape index (κ2) is 8.51. The van der Waals surface area contributed by atoms with Gasteiger partial charge < -0.3 is 14.2 Å². The van der Waals surface area contributed by atoms with Crippen LogP contribution in [0.15, 0.2) is 29.8 Å². The predicted molar refractivity (Wildman–Crippen MR) is 110 cm³/mol. The van der Waals surface area contributed by atoms with Crippen molar-refractivity contribution in [3.8, 4) is 11.5 Å². The fourth-order valence-corrected chi connectivity index (χ4v) is 4.61. The number of hydrogen-bond acceptors (Lipinski definition) is 6. The van der Waals surface area contributed by atoms with Crippen LogP contribution in [-0.2, 0) is 17.8 Å². The van der Waals surface area contributed by atoms with E-state index in [0.717, 1.165) is 66.8 Å². The molecule has 1 atom stereocenters. The van der Waals surface area contributed by atoms with Crippen molar-refractivity contribution < 1.29 is 14.2 Å². The van der Waals surface area contributed by atoms with E-state index in [1.807, 2.05) is 12.1 Å². The molecule has 7 heteroatoms. The molecular formula is C21H27N3O3S. The summed E-state index contributed by atoms with van der Waals surface area (Å²) in [6, 6.07) is 6.02. The number of ether oxygens (including phenoxy) is 3. The van der Waals surface area contributed by atoms with Crippen LogP contribution in [0.2, 0.25) is 0 Å². The van der Waals surface area contributed by atoms with Crippen molar-refractivity contribution >= 4 is 16.3 Å². The van der Waals surface area contributed by atoms with Gasteiger partial charge in [-0.1, -0.05) is 6.07 Å². The summed E-state index contributed by atoms with van der Waals surface area (Å²) in [7, 11) is 3.38. The van der Waals surface area contributed by atoms with Crippen LogP contribution in [0.1, 0.15) is 29.8 Å². The lowest BCUT2D eigenvalue weighted by atomic mass is 10.1. The molecule has 0 radical (unpaired) electrons. The van der Waals surface area contributed by atoms with E-state index in [2.05, 4.69) is 33.9 Å². The Hall–Kier alpha value is -2.09. The fraction of sp³-hybridized carbons (Fsp3) is 0.476. The summed E-state index contributed by atoms with van der Waals surface area (Å²) in [5, 5.41) is 2.09. The first kappa shape index (κ1) is 19.2. The number of rotatable bonds is 8. The van der Waals surface area contributed by atoms with Gasteiger partial charge in [0, 0.05) is 49.4 Å². The van der Waals surface area contributed by atoms with Gasteiger partial charge in [0.15, 0.2) is 4.96 Å². The molecule has 6 nitrogen and oxygen atoms in total. The van der Waals surface area contributed by atoms with E-state index in [0.29, 0.717) is 0 Å². The molecule has 0 aliphatic carbocycles. The summed E-state index contributed by atoms with van der Waals surface area (Å²) < 4.78 is 19.1. The van der Waals surface area contributed by atoms with Gasteiger partial charge in [0.1, 0.15) is 11.5 Å². The summed E-state index contributed by atoms with van der Waals surface area (Å²) in [5.74, 6) is 1.65. The summed E-state index contributed by atoms with van der Waals surface area (Å²) in [6.07, 6.45) is 4.66. The number of aromatic nitrogens is 2. The second-order valence-corrected chi connectivity index (χ2v) is 8.05. The minimum absolute atomic E-state index is 0.287. The van der Waals surface area contributed by atoms with Gasteiger partial charge in [-0.05, 0) is 25.8 Å². The molecule has 0 spiro atoms. The Bertz CT molecular complexity index is 930. The molecule has 1 fully saturated rings. The summed E-state index contributed by atoms with van der Waals surface area (Å²) >= 11 is 1.67. The van der Waals surface area contributed by atoms with Gasteiger partial charge in [0.2, 0.25) is 0 Å². The summed E-state index contributed by atoms with van der Waals surface area (Å²) in [4.78, 5) is 8.19. The minimum Gasteiger partial charge on any atom is -0.497 e. The largest absolute Gasteiger partial charge is 0.497 e. The predicted octanol–water partition coefficient (Wildman–Crippen LogP) is 3.90. The maximum atomic E-state index is 5.92. The van der Waals surface area contributed by atoms with E-state index in [9.17, 15) is 0 Å². The van der Waals surface area contributed by atoms with E-state index in [4.69, 9.17) is 19.2 Å². The Labute approximate surface area is 169 Å². The summed E-state index contributed by atoms with van der Waals surface area (Å²) in [5.41, 5.74) is 3.47. The molecule has 3 heterocycles. The molecule has 28 heavy (non-hydrogen) atoms. The highest BCUT2D eigenvalue weighted by Crippen LogP contribution is 2.28. The molecule has 3 aromatic rings. The standard InChI is InChI=1S/C21H27N3O3S/c1-15-19(24-8-10-28-21(24)22-15)14-23(13-18-5-4-9-27-18)12-16-6-7-17(25-2)11-20(16)26-3/h6-8,10-11,18H,4-5,9,12-14H2,1-3H3/t18-/m0/s1. The molecular weight excluding hydrogens is 374 g/mol. The highest BCUT2D eigenvalue weighted by atomic mass is 32.1. The van der Waals surface area contributed by atoms with E-state index < -0.39 is 0 Å². The van der Waals surface area contributed by atoms with Crippen molar-refractivity contribution in [2.75, 3.05) is 27.4 Å². The van der Waals surface area contributed by atoms with E-state index >= 15 is 0 Å². The minimum atomic E-state index is 0.287. The monoisotopic (exact) mass is 401 g/mol. The lowest BCUT2D eigenvalue weighted by Gasteiger charge is -2.26. The van der Waals surface area contributed by atoms with Gasteiger partial charge in [-0.15, -0.1) is 11.3 Å². The molecule has 0 unspecified atom stereocenters. The Morgan fingerprint density at radius 2 is 2.18 bits per heavy atom. The normalized spacial score (nSPS) is 16.9. The molecule has 1 aliphatic heterocycles. The van der Waals surface area contributed by atoms with Crippen molar-refractivity contribution in [1.82, 2.24) is 14.3 Å². The van der Waals surface area contributed by atoms with E-state index in [1.54, 1.807) is 25.6 Å². The highest BCUT2D eigenvalue weighted by molar-refractivity contribution is 7.15. The molecule has 0 N–H and O–H groups in total. The molecule has 0 bridgehead atoms. The number of aryl methyl sites for hydroxylation is 1. The third-order valence-corrected chi connectivity index (χ3v) is 6.07. The van der Waals surface area contributed by atoms with Gasteiger partial charge >= 0.3 is 0 Å². The molecule has 2 aromatic heterocycles. The van der Waals surface area contributed by atoms with Crippen LogP contribution in [0.25, 0.3) is 4.96 Å². The zero-order chi connectivity index (χ0) is 19.5. The van der Waals surface area contributed by atoms with E-state index in [1.165, 1.54) is 5.69 Å². The molecule has 0 amide bonds. The van der Waals surface area contributed by atoms with Crippen LogP contribution in [0.5, 0.6) is 11.5 Å². The van der Waals surface area contributed by atoms with Crippen molar-refractivity contribution in [2.24, 2.45) is 0 Å². The quantitative estimate of drug-likeness (QED) is 0.573. The Balaban J connectivity index is 1.60. The molecule has 150 valence electrons. The second-order valence-electron chi connectivity index (χ2n) is 7.18.